The number of nitrogens with zero attached hydrogens (tertiary/aromatic N) is 2. The minimum Gasteiger partial charge on any atom is -0.454 e. The standard InChI is InChI=1S/C15H14N4O4S/c1-9(20)16-13-4-5-15(19-18-13)24-7-14(21)17-10-2-3-11-12(6-10)23-8-22-11/h2-6H,7-8H2,1H3,(H,17,21)(H,16,18,20). The molecule has 8 nitrogen and oxygen atoms in total. The second kappa shape index (κ2) is 7.18. The topological polar surface area (TPSA) is 102 Å². The van der Waals surface area contributed by atoms with Gasteiger partial charge in [0, 0.05) is 18.7 Å². The molecular formula is C15H14N4O4S. The van der Waals surface area contributed by atoms with E-state index in [1.54, 1.807) is 30.3 Å². The first-order chi connectivity index (χ1) is 11.6. The molecule has 0 saturated carbocycles. The van der Waals surface area contributed by atoms with E-state index in [4.69, 9.17) is 9.47 Å². The number of ether oxygens (including phenoxy) is 2. The van der Waals surface area contributed by atoms with Crippen LogP contribution < -0.4 is 20.1 Å². The smallest absolute Gasteiger partial charge is 0.234 e. The number of aromatic nitrogens is 2. The molecule has 0 fully saturated rings. The van der Waals surface area contributed by atoms with Gasteiger partial charge in [-0.25, -0.2) is 0 Å². The summed E-state index contributed by atoms with van der Waals surface area (Å²) in [6.07, 6.45) is 0. The van der Waals surface area contributed by atoms with Crippen molar-refractivity contribution in [3.05, 3.63) is 30.3 Å². The number of thioether (sulfide) groups is 1. The highest BCUT2D eigenvalue weighted by Gasteiger charge is 2.14. The van der Waals surface area contributed by atoms with Gasteiger partial charge in [-0.3, -0.25) is 9.59 Å². The first-order valence-electron chi connectivity index (χ1n) is 7.04. The molecule has 0 spiro atoms. The second-order valence-electron chi connectivity index (χ2n) is 4.84. The molecule has 0 unspecified atom stereocenters. The Balaban J connectivity index is 1.51. The summed E-state index contributed by atoms with van der Waals surface area (Å²) in [7, 11) is 0. The third kappa shape index (κ3) is 4.13. The van der Waals surface area contributed by atoms with Gasteiger partial charge in [0.05, 0.1) is 5.75 Å². The molecule has 0 radical (unpaired) electrons. The Kier molecular flexibility index (Phi) is 4.80. The summed E-state index contributed by atoms with van der Waals surface area (Å²) < 4.78 is 10.5. The Labute approximate surface area is 141 Å². The molecule has 1 aromatic carbocycles. The lowest BCUT2D eigenvalue weighted by Crippen LogP contribution is -2.14. The van der Waals surface area contributed by atoms with Crippen LogP contribution in [0.5, 0.6) is 11.5 Å². The molecule has 0 aliphatic carbocycles. The Morgan fingerprint density at radius 1 is 1.12 bits per heavy atom. The van der Waals surface area contributed by atoms with E-state index < -0.39 is 0 Å². The summed E-state index contributed by atoms with van der Waals surface area (Å²) in [5.41, 5.74) is 0.636. The monoisotopic (exact) mass is 346 g/mol. The van der Waals surface area contributed by atoms with E-state index in [-0.39, 0.29) is 24.4 Å². The van der Waals surface area contributed by atoms with Crippen molar-refractivity contribution >= 4 is 35.1 Å². The van der Waals surface area contributed by atoms with Crippen molar-refractivity contribution in [3.63, 3.8) is 0 Å². The maximum atomic E-state index is 12.0. The maximum Gasteiger partial charge on any atom is 0.234 e. The van der Waals surface area contributed by atoms with E-state index in [9.17, 15) is 9.59 Å². The zero-order valence-corrected chi connectivity index (χ0v) is 13.6. The number of nitrogens with one attached hydrogen (secondary N) is 2. The second-order valence-corrected chi connectivity index (χ2v) is 5.84. The summed E-state index contributed by atoms with van der Waals surface area (Å²) in [5.74, 6) is 1.44. The van der Waals surface area contributed by atoms with Crippen molar-refractivity contribution in [2.75, 3.05) is 23.2 Å². The lowest BCUT2D eigenvalue weighted by Gasteiger charge is -2.06. The van der Waals surface area contributed by atoms with Crippen LogP contribution in [0, 0.1) is 0 Å². The quantitative estimate of drug-likeness (QED) is 0.797. The van der Waals surface area contributed by atoms with Crippen molar-refractivity contribution in [1.29, 1.82) is 0 Å². The van der Waals surface area contributed by atoms with E-state index in [0.717, 1.165) is 0 Å². The van der Waals surface area contributed by atoms with Gasteiger partial charge in [-0.1, -0.05) is 11.8 Å². The Hall–Kier alpha value is -2.81. The Morgan fingerprint density at radius 3 is 2.71 bits per heavy atom. The number of amides is 2. The van der Waals surface area contributed by atoms with Crippen LogP contribution in [0.15, 0.2) is 35.4 Å². The van der Waals surface area contributed by atoms with Crippen LogP contribution in [-0.4, -0.2) is 34.6 Å². The van der Waals surface area contributed by atoms with Crippen molar-refractivity contribution in [1.82, 2.24) is 10.2 Å². The average molecular weight is 346 g/mol. The number of carbonyl (C=O) groups excluding carboxylic acids is 2. The van der Waals surface area contributed by atoms with Crippen molar-refractivity contribution in [3.8, 4) is 11.5 Å². The van der Waals surface area contributed by atoms with Crippen molar-refractivity contribution < 1.29 is 19.1 Å². The Bertz CT molecular complexity index is 767. The van der Waals surface area contributed by atoms with Gasteiger partial charge in [0.15, 0.2) is 17.3 Å². The predicted molar refractivity (Wildman–Crippen MR) is 88.3 cm³/mol. The number of benzene rings is 1. The van der Waals surface area contributed by atoms with E-state index in [1.165, 1.54) is 18.7 Å². The van der Waals surface area contributed by atoms with E-state index in [2.05, 4.69) is 20.8 Å². The van der Waals surface area contributed by atoms with Gasteiger partial charge in [-0.05, 0) is 24.3 Å². The Morgan fingerprint density at radius 2 is 1.96 bits per heavy atom. The molecule has 0 bridgehead atoms. The van der Waals surface area contributed by atoms with Crippen LogP contribution in [0.1, 0.15) is 6.92 Å². The maximum absolute atomic E-state index is 12.0. The molecular weight excluding hydrogens is 332 g/mol. The van der Waals surface area contributed by atoms with Gasteiger partial charge in [-0.2, -0.15) is 0 Å². The molecule has 0 atom stereocenters. The molecule has 3 rings (SSSR count). The van der Waals surface area contributed by atoms with Crippen LogP contribution in [-0.2, 0) is 9.59 Å². The summed E-state index contributed by atoms with van der Waals surface area (Å²) in [5, 5.41) is 13.7. The number of carbonyl (C=O) groups is 2. The molecule has 2 amide bonds. The highest BCUT2D eigenvalue weighted by atomic mass is 32.2. The van der Waals surface area contributed by atoms with Crippen LogP contribution in [0.4, 0.5) is 11.5 Å². The lowest BCUT2D eigenvalue weighted by molar-refractivity contribution is -0.114. The molecule has 1 aromatic heterocycles. The van der Waals surface area contributed by atoms with E-state index in [0.29, 0.717) is 28.0 Å². The molecule has 1 aliphatic rings. The van der Waals surface area contributed by atoms with Gasteiger partial charge in [-0.15, -0.1) is 10.2 Å². The number of fused-ring (bicyclic) bond motifs is 1. The normalized spacial score (nSPS) is 11.9. The highest BCUT2D eigenvalue weighted by Crippen LogP contribution is 2.34. The summed E-state index contributed by atoms with van der Waals surface area (Å²) in [6.45, 7) is 1.58. The SMILES string of the molecule is CC(=O)Nc1ccc(SCC(=O)Nc2ccc3c(c2)OCO3)nn1. The van der Waals surface area contributed by atoms with Gasteiger partial charge in [0.2, 0.25) is 18.6 Å². The molecule has 1 aliphatic heterocycles. The van der Waals surface area contributed by atoms with Crippen LogP contribution in [0.25, 0.3) is 0 Å². The zero-order chi connectivity index (χ0) is 16.9. The average Bonchev–Trinajstić information content (AvgIpc) is 3.01. The van der Waals surface area contributed by atoms with Crippen LogP contribution in [0.3, 0.4) is 0 Å². The van der Waals surface area contributed by atoms with E-state index >= 15 is 0 Å². The molecule has 2 heterocycles. The van der Waals surface area contributed by atoms with Crippen LogP contribution >= 0.6 is 11.8 Å². The molecule has 2 N–H and O–H groups in total. The molecule has 0 saturated heterocycles. The van der Waals surface area contributed by atoms with Crippen molar-refractivity contribution in [2.45, 2.75) is 11.9 Å². The van der Waals surface area contributed by atoms with E-state index in [1.807, 2.05) is 0 Å². The minimum atomic E-state index is -0.215. The lowest BCUT2D eigenvalue weighted by atomic mass is 10.3. The fourth-order valence-electron chi connectivity index (χ4n) is 1.95. The molecule has 124 valence electrons. The minimum absolute atomic E-state index is 0.174. The summed E-state index contributed by atoms with van der Waals surface area (Å²) in [6, 6.07) is 8.53. The predicted octanol–water partition coefficient (Wildman–Crippen LogP) is 1.89. The number of hydrogen-bond acceptors (Lipinski definition) is 7. The fraction of sp³-hybridized carbons (Fsp3) is 0.200. The third-order valence-corrected chi connectivity index (χ3v) is 3.87. The first kappa shape index (κ1) is 16.1. The fourth-order valence-corrected chi connectivity index (χ4v) is 2.57. The zero-order valence-electron chi connectivity index (χ0n) is 12.7. The largest absolute Gasteiger partial charge is 0.454 e. The molecule has 24 heavy (non-hydrogen) atoms. The molecule has 9 heteroatoms. The highest BCUT2D eigenvalue weighted by molar-refractivity contribution is 7.99. The first-order valence-corrected chi connectivity index (χ1v) is 8.02. The van der Waals surface area contributed by atoms with Gasteiger partial charge in [0.1, 0.15) is 5.03 Å². The van der Waals surface area contributed by atoms with Gasteiger partial charge >= 0.3 is 0 Å². The third-order valence-electron chi connectivity index (χ3n) is 2.95. The van der Waals surface area contributed by atoms with Crippen LogP contribution in [0.2, 0.25) is 0 Å². The number of hydrogen-bond donors (Lipinski definition) is 2. The van der Waals surface area contributed by atoms with Gasteiger partial charge < -0.3 is 20.1 Å². The number of anilines is 2. The number of rotatable bonds is 5. The molecule has 2 aromatic rings. The summed E-state index contributed by atoms with van der Waals surface area (Å²) >= 11 is 1.25. The summed E-state index contributed by atoms with van der Waals surface area (Å²) in [4.78, 5) is 22.9. The van der Waals surface area contributed by atoms with Gasteiger partial charge in [0.25, 0.3) is 0 Å². The van der Waals surface area contributed by atoms with Crippen molar-refractivity contribution in [2.24, 2.45) is 0 Å².